The summed E-state index contributed by atoms with van der Waals surface area (Å²) >= 11 is 0. The lowest BCUT2D eigenvalue weighted by Crippen LogP contribution is -2.33. The van der Waals surface area contributed by atoms with Crippen molar-refractivity contribution in [3.8, 4) is 0 Å². The van der Waals surface area contributed by atoms with Crippen molar-refractivity contribution >= 4 is 30.7 Å². The van der Waals surface area contributed by atoms with Crippen LogP contribution in [0.5, 0.6) is 0 Å². The molecule has 2 fully saturated rings. The largest absolute Gasteiger partial charge is 0.352 e. The Morgan fingerprint density at radius 2 is 1.69 bits per heavy atom. The number of amides is 1. The average molecular weight is 402 g/mol. The van der Waals surface area contributed by atoms with E-state index in [1.165, 1.54) is 11.1 Å². The molecule has 4 nitrogen and oxygen atoms in total. The highest BCUT2D eigenvalue weighted by Crippen LogP contribution is 2.58. The normalized spacial score (nSPS) is 20.2. The first-order chi connectivity index (χ1) is 11.7. The number of piperidine rings is 1. The Morgan fingerprint density at radius 1 is 1.12 bits per heavy atom. The van der Waals surface area contributed by atoms with Crippen molar-refractivity contribution in [3.05, 3.63) is 35.4 Å². The molecule has 2 N–H and O–H groups in total. The number of carbonyl (C=O) groups excluding carboxylic acids is 1. The fourth-order valence-electron chi connectivity index (χ4n) is 3.98. The molecule has 1 saturated carbocycles. The lowest BCUT2D eigenvalue weighted by molar-refractivity contribution is -0.123. The summed E-state index contributed by atoms with van der Waals surface area (Å²) in [5, 5.41) is 6.53. The van der Waals surface area contributed by atoms with Crippen molar-refractivity contribution in [2.45, 2.75) is 46.2 Å². The van der Waals surface area contributed by atoms with Crippen LogP contribution in [0.1, 0.15) is 44.2 Å². The highest BCUT2D eigenvalue weighted by molar-refractivity contribution is 5.85. The first kappa shape index (κ1) is 23.2. The summed E-state index contributed by atoms with van der Waals surface area (Å²) < 4.78 is 0. The molecule has 1 saturated heterocycles. The van der Waals surface area contributed by atoms with Crippen LogP contribution in [0.15, 0.2) is 24.3 Å². The molecule has 0 radical (unpaired) electrons. The Hall–Kier alpha value is -0.810. The second-order valence-electron chi connectivity index (χ2n) is 7.36. The van der Waals surface area contributed by atoms with Crippen LogP contribution in [-0.2, 0) is 17.9 Å². The minimum absolute atomic E-state index is 0. The van der Waals surface area contributed by atoms with Crippen LogP contribution in [-0.4, -0.2) is 37.0 Å². The molecular formula is C20H33Cl2N3O. The van der Waals surface area contributed by atoms with Gasteiger partial charge < -0.3 is 10.6 Å². The molecule has 0 bridgehead atoms. The molecule has 1 unspecified atom stereocenters. The zero-order valence-corrected chi connectivity index (χ0v) is 17.6. The van der Waals surface area contributed by atoms with Crippen molar-refractivity contribution in [3.63, 3.8) is 0 Å². The summed E-state index contributed by atoms with van der Waals surface area (Å²) in [6.45, 7) is 10.3. The van der Waals surface area contributed by atoms with Gasteiger partial charge in [-0.1, -0.05) is 38.1 Å². The average Bonchev–Trinajstić information content (AvgIpc) is 3.32. The van der Waals surface area contributed by atoms with Crippen LogP contribution >= 0.6 is 24.8 Å². The van der Waals surface area contributed by atoms with Gasteiger partial charge in [-0.25, -0.2) is 0 Å². The summed E-state index contributed by atoms with van der Waals surface area (Å²) in [5.74, 6) is 0.505. The Morgan fingerprint density at radius 3 is 2.27 bits per heavy atom. The zero-order valence-electron chi connectivity index (χ0n) is 15.9. The van der Waals surface area contributed by atoms with E-state index in [0.717, 1.165) is 52.0 Å². The fraction of sp³-hybridized carbons (Fsp3) is 0.650. The molecule has 1 aliphatic carbocycles. The molecule has 1 amide bonds. The second kappa shape index (κ2) is 10.5. The maximum Gasteiger partial charge on any atom is 0.223 e. The number of hydrogen-bond donors (Lipinski definition) is 2. The topological polar surface area (TPSA) is 44.4 Å². The number of benzene rings is 1. The van der Waals surface area contributed by atoms with E-state index in [2.05, 4.69) is 53.6 Å². The Balaban J connectivity index is 0.00000169. The Bertz CT molecular complexity index is 555. The predicted molar refractivity (Wildman–Crippen MR) is 112 cm³/mol. The smallest absolute Gasteiger partial charge is 0.223 e. The molecule has 1 spiro atoms. The van der Waals surface area contributed by atoms with E-state index < -0.39 is 0 Å². The van der Waals surface area contributed by atoms with Gasteiger partial charge in [-0.05, 0) is 62.0 Å². The lowest BCUT2D eigenvalue weighted by atomic mass is 9.92. The number of nitrogens with one attached hydrogen (secondary N) is 2. The molecule has 26 heavy (non-hydrogen) atoms. The molecule has 1 aromatic carbocycles. The van der Waals surface area contributed by atoms with Gasteiger partial charge in [0, 0.05) is 19.0 Å². The van der Waals surface area contributed by atoms with Crippen LogP contribution in [0.3, 0.4) is 0 Å². The minimum atomic E-state index is 0. The molecule has 1 atom stereocenters. The van der Waals surface area contributed by atoms with Gasteiger partial charge in [0.15, 0.2) is 0 Å². The summed E-state index contributed by atoms with van der Waals surface area (Å²) in [5.41, 5.74) is 2.85. The molecule has 1 aliphatic heterocycles. The number of rotatable bonds is 7. The maximum atomic E-state index is 12.4. The van der Waals surface area contributed by atoms with Gasteiger partial charge >= 0.3 is 0 Å². The summed E-state index contributed by atoms with van der Waals surface area (Å²) in [7, 11) is 0. The van der Waals surface area contributed by atoms with Crippen LogP contribution in [0, 0.1) is 11.3 Å². The van der Waals surface area contributed by atoms with Gasteiger partial charge in [0.05, 0.1) is 0 Å². The van der Waals surface area contributed by atoms with E-state index in [9.17, 15) is 4.79 Å². The first-order valence-electron chi connectivity index (χ1n) is 9.45. The summed E-state index contributed by atoms with van der Waals surface area (Å²) in [6, 6.07) is 8.66. The third-order valence-corrected chi connectivity index (χ3v) is 5.90. The maximum absolute atomic E-state index is 12.4. The first-order valence-corrected chi connectivity index (χ1v) is 9.45. The second-order valence-corrected chi connectivity index (χ2v) is 7.36. The van der Waals surface area contributed by atoms with Crippen LogP contribution in [0.25, 0.3) is 0 Å². The lowest BCUT2D eigenvalue weighted by Gasteiger charge is -2.23. The zero-order chi connectivity index (χ0) is 17.0. The predicted octanol–water partition coefficient (Wildman–Crippen LogP) is 3.38. The fourth-order valence-corrected chi connectivity index (χ4v) is 3.98. The van der Waals surface area contributed by atoms with E-state index >= 15 is 0 Å². The highest BCUT2D eigenvalue weighted by atomic mass is 35.5. The van der Waals surface area contributed by atoms with Gasteiger partial charge in [0.2, 0.25) is 5.91 Å². The van der Waals surface area contributed by atoms with Crippen LogP contribution < -0.4 is 10.6 Å². The van der Waals surface area contributed by atoms with Gasteiger partial charge in [0.25, 0.3) is 0 Å². The number of carbonyl (C=O) groups is 1. The highest BCUT2D eigenvalue weighted by Gasteiger charge is 2.57. The Kier molecular flexibility index (Phi) is 9.39. The molecule has 1 aromatic rings. The van der Waals surface area contributed by atoms with Gasteiger partial charge in [-0.2, -0.15) is 0 Å². The molecule has 1 heterocycles. The molecule has 2 aliphatic rings. The molecule has 3 rings (SSSR count). The monoisotopic (exact) mass is 401 g/mol. The summed E-state index contributed by atoms with van der Waals surface area (Å²) in [6.07, 6.45) is 3.40. The minimum Gasteiger partial charge on any atom is -0.352 e. The van der Waals surface area contributed by atoms with E-state index in [-0.39, 0.29) is 36.6 Å². The molecule has 148 valence electrons. The van der Waals surface area contributed by atoms with Crippen molar-refractivity contribution in [2.75, 3.05) is 26.2 Å². The standard InChI is InChI=1S/C20H31N3O.2ClH/c1-3-23(4-2)15-17-7-5-16(6-8-17)14-22-19(24)18-13-20(18)9-11-21-12-10-20;;/h5-8,18,21H,3-4,9-15H2,1-2H3,(H,22,24);2*1H. The number of hydrogen-bond acceptors (Lipinski definition) is 3. The van der Waals surface area contributed by atoms with Gasteiger partial charge in [-0.3, -0.25) is 9.69 Å². The third kappa shape index (κ3) is 5.59. The van der Waals surface area contributed by atoms with Crippen LogP contribution in [0.4, 0.5) is 0 Å². The van der Waals surface area contributed by atoms with E-state index in [1.807, 2.05) is 0 Å². The summed E-state index contributed by atoms with van der Waals surface area (Å²) in [4.78, 5) is 14.8. The van der Waals surface area contributed by atoms with Crippen molar-refractivity contribution in [1.29, 1.82) is 0 Å². The van der Waals surface area contributed by atoms with E-state index in [4.69, 9.17) is 0 Å². The quantitative estimate of drug-likeness (QED) is 0.735. The number of halogens is 2. The molecular weight excluding hydrogens is 369 g/mol. The third-order valence-electron chi connectivity index (χ3n) is 5.90. The molecule has 6 heteroatoms. The SMILES string of the molecule is CCN(CC)Cc1ccc(CNC(=O)C2CC23CCNCC3)cc1.Cl.Cl. The van der Waals surface area contributed by atoms with Gasteiger partial charge in [0.1, 0.15) is 0 Å². The van der Waals surface area contributed by atoms with Gasteiger partial charge in [-0.15, -0.1) is 24.8 Å². The van der Waals surface area contributed by atoms with Crippen LogP contribution in [0.2, 0.25) is 0 Å². The Labute approximate surface area is 170 Å². The van der Waals surface area contributed by atoms with Crippen molar-refractivity contribution < 1.29 is 4.79 Å². The van der Waals surface area contributed by atoms with Crippen molar-refractivity contribution in [1.82, 2.24) is 15.5 Å². The van der Waals surface area contributed by atoms with E-state index in [1.54, 1.807) is 0 Å². The number of nitrogens with zero attached hydrogens (tertiary/aromatic N) is 1. The van der Waals surface area contributed by atoms with E-state index in [0.29, 0.717) is 12.0 Å². The van der Waals surface area contributed by atoms with Crippen molar-refractivity contribution in [2.24, 2.45) is 11.3 Å². The molecule has 0 aromatic heterocycles.